The third-order valence-corrected chi connectivity index (χ3v) is 4.49. The Bertz CT molecular complexity index is 744. The molecule has 2 nitrogen and oxygen atoms in total. The molecule has 0 bridgehead atoms. The van der Waals surface area contributed by atoms with Crippen LogP contribution < -0.4 is 0 Å². The maximum atomic E-state index is 11.6. The Balaban J connectivity index is 2.16. The van der Waals surface area contributed by atoms with Gasteiger partial charge in [0.25, 0.3) is 0 Å². The Morgan fingerprint density at radius 3 is 1.50 bits per heavy atom. The average Bonchev–Trinajstić information content (AvgIpc) is 2.62. The van der Waals surface area contributed by atoms with E-state index < -0.39 is 11.7 Å². The minimum Gasteiger partial charge on any atom is -0.385 e. The van der Waals surface area contributed by atoms with E-state index in [-0.39, 0.29) is 0 Å². The van der Waals surface area contributed by atoms with Crippen molar-refractivity contribution in [1.29, 1.82) is 0 Å². The molecule has 0 heterocycles. The summed E-state index contributed by atoms with van der Waals surface area (Å²) in [5.41, 5.74) is 2.74. The van der Waals surface area contributed by atoms with Gasteiger partial charge in [0.1, 0.15) is 11.7 Å². The largest absolute Gasteiger partial charge is 0.385 e. The Morgan fingerprint density at radius 2 is 1.08 bits per heavy atom. The van der Waals surface area contributed by atoms with Gasteiger partial charge in [-0.1, -0.05) is 90.0 Å². The molecule has 122 valence electrons. The van der Waals surface area contributed by atoms with Crippen LogP contribution in [0.1, 0.15) is 33.9 Å². The van der Waals surface area contributed by atoms with E-state index in [9.17, 15) is 10.2 Å². The van der Waals surface area contributed by atoms with E-state index in [1.807, 2.05) is 92.7 Å². The molecule has 0 aliphatic heterocycles. The molecular weight excluding hydrogens is 296 g/mol. The quantitative estimate of drug-likeness (QED) is 0.754. The SMILES string of the molecule is Cc1ccc(C(O)(c2ccc(C)cc2)[C@@H](O)c2ccccc2)cc1. The monoisotopic (exact) mass is 318 g/mol. The standard InChI is InChI=1S/C22H22O2/c1-16-8-12-19(13-9-16)22(24,20-14-10-17(2)11-15-20)21(23)18-6-4-3-5-7-18/h3-15,21,23-24H,1-2H3/t21-/m0/s1. The maximum Gasteiger partial charge on any atom is 0.145 e. The molecule has 0 radical (unpaired) electrons. The molecule has 0 aromatic heterocycles. The molecule has 0 aliphatic carbocycles. The second-order valence-electron chi connectivity index (χ2n) is 6.31. The van der Waals surface area contributed by atoms with Crippen LogP contribution in [0, 0.1) is 13.8 Å². The fraction of sp³-hybridized carbons (Fsp3) is 0.182. The van der Waals surface area contributed by atoms with Crippen LogP contribution in [-0.4, -0.2) is 10.2 Å². The molecule has 0 fully saturated rings. The van der Waals surface area contributed by atoms with E-state index in [0.29, 0.717) is 16.7 Å². The van der Waals surface area contributed by atoms with Gasteiger partial charge in [-0.05, 0) is 30.5 Å². The fourth-order valence-corrected chi connectivity index (χ4v) is 2.97. The molecule has 2 heteroatoms. The van der Waals surface area contributed by atoms with Crippen LogP contribution in [0.2, 0.25) is 0 Å². The number of hydrogen-bond donors (Lipinski definition) is 2. The fourth-order valence-electron chi connectivity index (χ4n) is 2.97. The van der Waals surface area contributed by atoms with Gasteiger partial charge in [-0.3, -0.25) is 0 Å². The lowest BCUT2D eigenvalue weighted by Crippen LogP contribution is -2.35. The Morgan fingerprint density at radius 1 is 0.667 bits per heavy atom. The van der Waals surface area contributed by atoms with Crippen molar-refractivity contribution in [1.82, 2.24) is 0 Å². The molecule has 0 aliphatic rings. The number of benzene rings is 3. The van der Waals surface area contributed by atoms with Crippen molar-refractivity contribution in [2.24, 2.45) is 0 Å². The minimum absolute atomic E-state index is 0.674. The topological polar surface area (TPSA) is 40.5 Å². The lowest BCUT2D eigenvalue weighted by atomic mass is 9.78. The third kappa shape index (κ3) is 2.99. The van der Waals surface area contributed by atoms with Crippen molar-refractivity contribution >= 4 is 0 Å². The van der Waals surface area contributed by atoms with Gasteiger partial charge < -0.3 is 10.2 Å². The summed E-state index contributed by atoms with van der Waals surface area (Å²) in [6.07, 6.45) is -1.07. The molecule has 3 aromatic carbocycles. The van der Waals surface area contributed by atoms with Crippen LogP contribution in [0.15, 0.2) is 78.9 Å². The maximum absolute atomic E-state index is 11.6. The summed E-state index contributed by atoms with van der Waals surface area (Å²) in [6.45, 7) is 4.00. The molecule has 0 amide bonds. The van der Waals surface area contributed by atoms with Crippen LogP contribution >= 0.6 is 0 Å². The van der Waals surface area contributed by atoms with Crippen molar-refractivity contribution in [3.63, 3.8) is 0 Å². The van der Waals surface area contributed by atoms with Crippen LogP contribution in [0.25, 0.3) is 0 Å². The van der Waals surface area contributed by atoms with Crippen LogP contribution in [0.5, 0.6) is 0 Å². The van der Waals surface area contributed by atoms with Crippen molar-refractivity contribution in [2.45, 2.75) is 25.6 Å². The highest BCUT2D eigenvalue weighted by molar-refractivity contribution is 5.42. The first kappa shape index (κ1) is 16.4. The molecule has 0 spiro atoms. The first-order valence-electron chi connectivity index (χ1n) is 8.11. The van der Waals surface area contributed by atoms with E-state index in [4.69, 9.17) is 0 Å². The zero-order chi connectivity index (χ0) is 17.2. The molecule has 2 N–H and O–H groups in total. The third-order valence-electron chi connectivity index (χ3n) is 4.49. The zero-order valence-electron chi connectivity index (χ0n) is 14.0. The Kier molecular flexibility index (Phi) is 4.52. The molecule has 0 unspecified atom stereocenters. The Labute approximate surface area is 143 Å². The predicted octanol–water partition coefficient (Wildman–Crippen LogP) is 4.27. The summed E-state index contributed by atoms with van der Waals surface area (Å²) in [4.78, 5) is 0. The highest BCUT2D eigenvalue weighted by Crippen LogP contribution is 2.41. The van der Waals surface area contributed by atoms with Crippen molar-refractivity contribution in [3.05, 3.63) is 107 Å². The first-order chi connectivity index (χ1) is 11.5. The molecule has 0 saturated heterocycles. The molecule has 3 aromatic rings. The number of aliphatic hydroxyl groups excluding tert-OH is 1. The zero-order valence-corrected chi connectivity index (χ0v) is 14.0. The van der Waals surface area contributed by atoms with Crippen molar-refractivity contribution in [3.8, 4) is 0 Å². The summed E-state index contributed by atoms with van der Waals surface area (Å²) < 4.78 is 0. The summed E-state index contributed by atoms with van der Waals surface area (Å²) >= 11 is 0. The van der Waals surface area contributed by atoms with Gasteiger partial charge in [-0.15, -0.1) is 0 Å². The summed E-state index contributed by atoms with van der Waals surface area (Å²) in [6, 6.07) is 24.6. The highest BCUT2D eigenvalue weighted by atomic mass is 16.3. The van der Waals surface area contributed by atoms with Gasteiger partial charge in [-0.25, -0.2) is 0 Å². The van der Waals surface area contributed by atoms with Crippen molar-refractivity contribution in [2.75, 3.05) is 0 Å². The van der Waals surface area contributed by atoms with Crippen LogP contribution in [0.3, 0.4) is 0 Å². The second kappa shape index (κ2) is 6.60. The summed E-state index contributed by atoms with van der Waals surface area (Å²) in [5, 5.41) is 22.6. The average molecular weight is 318 g/mol. The van der Waals surface area contributed by atoms with Gasteiger partial charge in [0.05, 0.1) is 0 Å². The van der Waals surface area contributed by atoms with E-state index in [2.05, 4.69) is 0 Å². The smallest absolute Gasteiger partial charge is 0.145 e. The minimum atomic E-state index is -1.51. The first-order valence-corrected chi connectivity index (χ1v) is 8.11. The number of aliphatic hydroxyl groups is 2. The second-order valence-corrected chi connectivity index (χ2v) is 6.31. The molecule has 0 saturated carbocycles. The van der Waals surface area contributed by atoms with E-state index in [1.54, 1.807) is 0 Å². The van der Waals surface area contributed by atoms with Gasteiger partial charge in [-0.2, -0.15) is 0 Å². The van der Waals surface area contributed by atoms with E-state index in [1.165, 1.54) is 0 Å². The number of aryl methyl sites for hydroxylation is 2. The number of hydrogen-bond acceptors (Lipinski definition) is 2. The Hall–Kier alpha value is -2.42. The predicted molar refractivity (Wildman–Crippen MR) is 96.8 cm³/mol. The lowest BCUT2D eigenvalue weighted by Gasteiger charge is -2.34. The van der Waals surface area contributed by atoms with Gasteiger partial charge in [0.15, 0.2) is 0 Å². The van der Waals surface area contributed by atoms with E-state index in [0.717, 1.165) is 11.1 Å². The molecule has 1 atom stereocenters. The van der Waals surface area contributed by atoms with E-state index >= 15 is 0 Å². The normalized spacial score (nSPS) is 12.8. The number of rotatable bonds is 4. The molecule has 24 heavy (non-hydrogen) atoms. The van der Waals surface area contributed by atoms with Crippen molar-refractivity contribution < 1.29 is 10.2 Å². The van der Waals surface area contributed by atoms with Crippen LogP contribution in [0.4, 0.5) is 0 Å². The molecular formula is C22H22O2. The van der Waals surface area contributed by atoms with Gasteiger partial charge in [0.2, 0.25) is 0 Å². The molecule has 3 rings (SSSR count). The van der Waals surface area contributed by atoms with Gasteiger partial charge >= 0.3 is 0 Å². The highest BCUT2D eigenvalue weighted by Gasteiger charge is 2.40. The summed E-state index contributed by atoms with van der Waals surface area (Å²) in [5.74, 6) is 0. The summed E-state index contributed by atoms with van der Waals surface area (Å²) in [7, 11) is 0. The lowest BCUT2D eigenvalue weighted by molar-refractivity contribution is -0.0517. The van der Waals surface area contributed by atoms with Gasteiger partial charge in [0, 0.05) is 0 Å². The van der Waals surface area contributed by atoms with Crippen LogP contribution in [-0.2, 0) is 5.60 Å².